The average molecular weight is 421 g/mol. The van der Waals surface area contributed by atoms with Crippen LogP contribution in [0.3, 0.4) is 0 Å². The lowest BCUT2D eigenvalue weighted by Gasteiger charge is -2.17. The fraction of sp³-hybridized carbons (Fsp3) is 0.222. The van der Waals surface area contributed by atoms with E-state index in [4.69, 9.17) is 4.74 Å². The molecule has 1 amide bonds. The van der Waals surface area contributed by atoms with Crippen LogP contribution in [0, 0.1) is 10.1 Å². The van der Waals surface area contributed by atoms with Crippen molar-refractivity contribution >= 4 is 33.5 Å². The molecule has 2 aromatic carbocycles. The van der Waals surface area contributed by atoms with Crippen LogP contribution in [0.1, 0.15) is 11.1 Å². The van der Waals surface area contributed by atoms with E-state index in [0.29, 0.717) is 5.56 Å². The number of benzene rings is 2. The van der Waals surface area contributed by atoms with Crippen LogP contribution in [0.15, 0.2) is 53.0 Å². The van der Waals surface area contributed by atoms with Crippen LogP contribution >= 0.6 is 15.9 Å². The number of amides is 1. The SMILES string of the molecule is COC(=O)[C@H](Cc1cccc(Br)c1)NC(=O)Cc1cccc([N+](=O)[O-])c1. The van der Waals surface area contributed by atoms with Crippen molar-refractivity contribution in [3.05, 3.63) is 74.2 Å². The van der Waals surface area contributed by atoms with Gasteiger partial charge in [0.25, 0.3) is 5.69 Å². The molecule has 8 heteroatoms. The first-order valence-corrected chi connectivity index (χ1v) is 8.53. The summed E-state index contributed by atoms with van der Waals surface area (Å²) in [6, 6.07) is 12.4. The molecule has 1 atom stereocenters. The molecule has 2 rings (SSSR count). The van der Waals surface area contributed by atoms with E-state index in [2.05, 4.69) is 21.2 Å². The van der Waals surface area contributed by atoms with Gasteiger partial charge in [-0.2, -0.15) is 0 Å². The quantitative estimate of drug-likeness (QED) is 0.421. The van der Waals surface area contributed by atoms with E-state index in [1.165, 1.54) is 25.3 Å². The minimum atomic E-state index is -0.847. The third kappa shape index (κ3) is 5.66. The number of nitro benzene ring substituents is 1. The first-order chi connectivity index (χ1) is 12.4. The molecule has 0 aliphatic carbocycles. The molecule has 0 aromatic heterocycles. The van der Waals surface area contributed by atoms with Gasteiger partial charge in [-0.15, -0.1) is 0 Å². The zero-order valence-corrected chi connectivity index (χ0v) is 15.6. The zero-order valence-electron chi connectivity index (χ0n) is 14.0. The summed E-state index contributed by atoms with van der Waals surface area (Å²) in [5, 5.41) is 13.4. The second-order valence-corrected chi connectivity index (χ2v) is 6.50. The van der Waals surface area contributed by atoms with E-state index in [-0.39, 0.29) is 18.5 Å². The predicted octanol–water partition coefficient (Wildman–Crippen LogP) is 2.80. The van der Waals surface area contributed by atoms with Crippen LogP contribution in [0.2, 0.25) is 0 Å². The number of halogens is 1. The second kappa shape index (κ2) is 9.10. The van der Waals surface area contributed by atoms with Crippen molar-refractivity contribution in [2.24, 2.45) is 0 Å². The summed E-state index contributed by atoms with van der Waals surface area (Å²) in [5.41, 5.74) is 1.25. The van der Waals surface area contributed by atoms with Crippen LogP contribution in [0.4, 0.5) is 5.69 Å². The Hall–Kier alpha value is -2.74. The highest BCUT2D eigenvalue weighted by molar-refractivity contribution is 9.10. The summed E-state index contributed by atoms with van der Waals surface area (Å²) in [4.78, 5) is 34.6. The van der Waals surface area contributed by atoms with E-state index < -0.39 is 22.8 Å². The predicted molar refractivity (Wildman–Crippen MR) is 98.6 cm³/mol. The number of nitro groups is 1. The minimum absolute atomic E-state index is 0.0757. The molecule has 2 aromatic rings. The summed E-state index contributed by atoms with van der Waals surface area (Å²) >= 11 is 3.36. The fourth-order valence-electron chi connectivity index (χ4n) is 2.45. The third-order valence-corrected chi connectivity index (χ3v) is 4.13. The molecule has 0 aliphatic rings. The van der Waals surface area contributed by atoms with Crippen molar-refractivity contribution in [2.75, 3.05) is 7.11 Å². The Morgan fingerprint density at radius 3 is 2.54 bits per heavy atom. The first-order valence-electron chi connectivity index (χ1n) is 7.74. The molecule has 0 heterocycles. The molecule has 1 N–H and O–H groups in total. The summed E-state index contributed by atoms with van der Waals surface area (Å²) in [6.45, 7) is 0. The number of nitrogens with zero attached hydrogens (tertiary/aromatic N) is 1. The number of rotatable bonds is 7. The molecule has 0 unspecified atom stereocenters. The summed E-state index contributed by atoms with van der Waals surface area (Å²) in [7, 11) is 1.25. The van der Waals surface area contributed by atoms with Gasteiger partial charge in [-0.3, -0.25) is 14.9 Å². The molecule has 0 saturated carbocycles. The molecule has 0 radical (unpaired) electrons. The third-order valence-electron chi connectivity index (χ3n) is 3.64. The van der Waals surface area contributed by atoms with Gasteiger partial charge in [-0.1, -0.05) is 40.2 Å². The molecule has 26 heavy (non-hydrogen) atoms. The Kier molecular flexibility index (Phi) is 6.85. The van der Waals surface area contributed by atoms with Crippen LogP contribution in [-0.4, -0.2) is 30.0 Å². The first kappa shape index (κ1) is 19.6. The van der Waals surface area contributed by atoms with Crippen LogP contribution in [0.25, 0.3) is 0 Å². The van der Waals surface area contributed by atoms with Crippen molar-refractivity contribution in [2.45, 2.75) is 18.9 Å². The highest BCUT2D eigenvalue weighted by Gasteiger charge is 2.22. The fourth-order valence-corrected chi connectivity index (χ4v) is 2.89. The summed E-state index contributed by atoms with van der Waals surface area (Å²) in [5.74, 6) is -0.978. The molecule has 0 saturated heterocycles. The van der Waals surface area contributed by atoms with Gasteiger partial charge in [0, 0.05) is 23.0 Å². The molecule has 0 bridgehead atoms. The molecule has 7 nitrogen and oxygen atoms in total. The number of carbonyl (C=O) groups excluding carboxylic acids is 2. The van der Waals surface area contributed by atoms with Crippen molar-refractivity contribution < 1.29 is 19.2 Å². The second-order valence-electron chi connectivity index (χ2n) is 5.58. The average Bonchev–Trinajstić information content (AvgIpc) is 2.60. The van der Waals surface area contributed by atoms with Gasteiger partial charge in [0.15, 0.2) is 0 Å². The lowest BCUT2D eigenvalue weighted by Crippen LogP contribution is -2.43. The normalized spacial score (nSPS) is 11.5. The molecule has 136 valence electrons. The number of carbonyl (C=O) groups is 2. The molecular weight excluding hydrogens is 404 g/mol. The lowest BCUT2D eigenvalue weighted by atomic mass is 10.1. The number of ether oxygens (including phenoxy) is 1. The van der Waals surface area contributed by atoms with Crippen LogP contribution in [0.5, 0.6) is 0 Å². The van der Waals surface area contributed by atoms with E-state index in [9.17, 15) is 19.7 Å². The van der Waals surface area contributed by atoms with Gasteiger partial charge in [-0.25, -0.2) is 4.79 Å². The summed E-state index contributed by atoms with van der Waals surface area (Å²) < 4.78 is 5.62. The molecule has 0 spiro atoms. The number of hydrogen-bond donors (Lipinski definition) is 1. The number of nitrogens with one attached hydrogen (secondary N) is 1. The minimum Gasteiger partial charge on any atom is -0.467 e. The van der Waals surface area contributed by atoms with Crippen LogP contribution in [-0.2, 0) is 27.2 Å². The Labute approximate surface area is 158 Å². The monoisotopic (exact) mass is 420 g/mol. The van der Waals surface area contributed by atoms with Gasteiger partial charge in [-0.05, 0) is 23.3 Å². The van der Waals surface area contributed by atoms with E-state index in [1.807, 2.05) is 24.3 Å². The van der Waals surface area contributed by atoms with Crippen molar-refractivity contribution in [3.63, 3.8) is 0 Å². The number of non-ortho nitro benzene ring substituents is 1. The Morgan fingerprint density at radius 2 is 1.88 bits per heavy atom. The van der Waals surface area contributed by atoms with Gasteiger partial charge in [0.1, 0.15) is 6.04 Å². The van der Waals surface area contributed by atoms with Gasteiger partial charge in [0.05, 0.1) is 18.5 Å². The topological polar surface area (TPSA) is 98.5 Å². The van der Waals surface area contributed by atoms with Gasteiger partial charge in [0.2, 0.25) is 5.91 Å². The van der Waals surface area contributed by atoms with Crippen molar-refractivity contribution in [3.8, 4) is 0 Å². The van der Waals surface area contributed by atoms with Gasteiger partial charge >= 0.3 is 5.97 Å². The largest absolute Gasteiger partial charge is 0.467 e. The highest BCUT2D eigenvalue weighted by Crippen LogP contribution is 2.15. The maximum absolute atomic E-state index is 12.3. The molecule has 0 fully saturated rings. The van der Waals surface area contributed by atoms with E-state index in [1.54, 1.807) is 6.07 Å². The smallest absolute Gasteiger partial charge is 0.328 e. The van der Waals surface area contributed by atoms with Gasteiger partial charge < -0.3 is 10.1 Å². The number of esters is 1. The Bertz CT molecular complexity index is 825. The maximum Gasteiger partial charge on any atom is 0.328 e. The van der Waals surface area contributed by atoms with Crippen molar-refractivity contribution in [1.82, 2.24) is 5.32 Å². The zero-order chi connectivity index (χ0) is 19.1. The maximum atomic E-state index is 12.3. The van der Waals surface area contributed by atoms with E-state index >= 15 is 0 Å². The van der Waals surface area contributed by atoms with E-state index in [0.717, 1.165) is 10.0 Å². The summed E-state index contributed by atoms with van der Waals surface area (Å²) in [6.07, 6.45) is 0.195. The van der Waals surface area contributed by atoms with Crippen LogP contribution < -0.4 is 5.32 Å². The standard InChI is InChI=1S/C18H17BrN2O5/c1-26-18(23)16(10-12-4-2-6-14(19)8-12)20-17(22)11-13-5-3-7-15(9-13)21(24)25/h2-9,16H,10-11H2,1H3,(H,20,22)/t16-/m0/s1. The number of hydrogen-bond acceptors (Lipinski definition) is 5. The van der Waals surface area contributed by atoms with Crippen molar-refractivity contribution in [1.29, 1.82) is 0 Å². The highest BCUT2D eigenvalue weighted by atomic mass is 79.9. The Morgan fingerprint density at radius 1 is 1.19 bits per heavy atom. The Balaban J connectivity index is 2.07. The molecular formula is C18H17BrN2O5. The number of methoxy groups -OCH3 is 1. The lowest BCUT2D eigenvalue weighted by molar-refractivity contribution is -0.384. The molecule has 0 aliphatic heterocycles.